The molecule has 0 aliphatic carbocycles. The monoisotopic (exact) mass is 1170 g/mol. The number of aromatic nitrogens is 3. The first kappa shape index (κ1) is 56.9. The highest BCUT2D eigenvalue weighted by Gasteiger charge is 2.25. The van der Waals surface area contributed by atoms with Gasteiger partial charge in [-0.3, -0.25) is 23.2 Å². The zero-order valence-corrected chi connectivity index (χ0v) is 45.4. The Kier molecular flexibility index (Phi) is 15.3. The minimum absolute atomic E-state index is 0.0593. The molecule has 0 spiro atoms. The van der Waals surface area contributed by atoms with Crippen molar-refractivity contribution in [3.05, 3.63) is 143 Å². The van der Waals surface area contributed by atoms with Gasteiger partial charge in [0.05, 0.1) is 45.3 Å². The molecule has 0 aliphatic rings. The van der Waals surface area contributed by atoms with E-state index in [9.17, 15) is 63.5 Å². The normalized spacial score (nSPS) is 12.4. The Labute approximate surface area is 464 Å². The number of carboxylic acid groups (broad SMARTS) is 2. The van der Waals surface area contributed by atoms with Crippen LogP contribution in [0.2, 0.25) is 0 Å². The molecule has 29 heteroatoms. The summed E-state index contributed by atoms with van der Waals surface area (Å²) in [5, 5.41) is 70.8. The number of aliphatic carboxylic acids is 1. The van der Waals surface area contributed by atoms with Crippen LogP contribution in [0.25, 0.3) is 38.3 Å². The zero-order valence-electron chi connectivity index (χ0n) is 43.0. The summed E-state index contributed by atoms with van der Waals surface area (Å²) in [6.45, 7) is 6.96. The molecule has 1 heterocycles. The number of phenolic OH excluding ortho intramolecular Hbond substituents is 1. The van der Waals surface area contributed by atoms with Crippen molar-refractivity contribution in [3.63, 3.8) is 0 Å². The quantitative estimate of drug-likeness (QED) is 0.0310. The van der Waals surface area contributed by atoms with Crippen molar-refractivity contribution in [2.24, 2.45) is 30.7 Å². The number of aromatic carboxylic acids is 1. The second kappa shape index (κ2) is 22.0. The number of nitrogens with zero attached hydrogens (tertiary/aromatic N) is 9. The van der Waals surface area contributed by atoms with Crippen molar-refractivity contribution in [1.29, 1.82) is 0 Å². The van der Waals surface area contributed by atoms with Gasteiger partial charge in [-0.2, -0.15) is 50.8 Å². The molecule has 8 N–H and O–H groups in total. The Morgan fingerprint density at radius 3 is 1.65 bits per heavy atom. The number of carbonyl (C=O) groups is 3. The summed E-state index contributed by atoms with van der Waals surface area (Å²) in [6.07, 6.45) is -0.500. The van der Waals surface area contributed by atoms with Crippen molar-refractivity contribution in [2.45, 2.75) is 55.2 Å². The molecule has 0 bridgehead atoms. The lowest BCUT2D eigenvalue weighted by Gasteiger charge is -2.12. The number of azo groups is 3. The molecule has 0 atom stereocenters. The van der Waals surface area contributed by atoms with E-state index in [1.54, 1.807) is 88.4 Å². The number of anilines is 3. The number of hydrogen-bond donors (Lipinski definition) is 8. The van der Waals surface area contributed by atoms with E-state index in [-0.39, 0.29) is 68.0 Å². The summed E-state index contributed by atoms with van der Waals surface area (Å²) in [6, 6.07) is 27.2. The summed E-state index contributed by atoms with van der Waals surface area (Å²) >= 11 is 0. The van der Waals surface area contributed by atoms with E-state index in [2.05, 4.69) is 51.5 Å². The van der Waals surface area contributed by atoms with Crippen molar-refractivity contribution in [3.8, 4) is 11.4 Å². The number of amides is 1. The van der Waals surface area contributed by atoms with Gasteiger partial charge in [0.15, 0.2) is 5.75 Å². The molecule has 1 amide bonds. The predicted octanol–water partition coefficient (Wildman–Crippen LogP) is 11.9. The van der Waals surface area contributed by atoms with Crippen LogP contribution in [-0.2, 0) is 39.9 Å². The zero-order chi connectivity index (χ0) is 59.2. The maximum absolute atomic E-state index is 12.7. The third-order valence-corrected chi connectivity index (χ3v) is 15.2. The summed E-state index contributed by atoms with van der Waals surface area (Å²) in [7, 11) is -14.9. The Balaban J connectivity index is 0.910. The van der Waals surface area contributed by atoms with Gasteiger partial charge in [-0.05, 0) is 165 Å². The predicted molar refractivity (Wildman–Crippen MR) is 298 cm³/mol. The second-order valence-electron chi connectivity index (χ2n) is 18.5. The topological polar surface area (TPSA) is 404 Å². The summed E-state index contributed by atoms with van der Waals surface area (Å²) in [4.78, 5) is 33.9. The number of rotatable bonds is 17. The van der Waals surface area contributed by atoms with Gasteiger partial charge < -0.3 is 26.0 Å². The second-order valence-corrected chi connectivity index (χ2v) is 22.7. The Bertz CT molecular complexity index is 4640. The van der Waals surface area contributed by atoms with Crippen LogP contribution in [0.5, 0.6) is 5.75 Å². The lowest BCUT2D eigenvalue weighted by molar-refractivity contribution is -0.138. The molecule has 9 rings (SSSR count). The van der Waals surface area contributed by atoms with Gasteiger partial charge in [0.1, 0.15) is 32.2 Å². The number of nitrogens with one attached hydrogen (secondary N) is 2. The molecule has 8 aromatic carbocycles. The maximum atomic E-state index is 12.7. The number of fused-ring (bicyclic) bond motifs is 4. The highest BCUT2D eigenvalue weighted by Crippen LogP contribution is 2.43. The average molecular weight is 1170 g/mol. The fourth-order valence-corrected chi connectivity index (χ4v) is 10.4. The largest absolute Gasteiger partial charge is 0.505 e. The smallest absolute Gasteiger partial charge is 0.338 e. The van der Waals surface area contributed by atoms with Crippen LogP contribution in [-0.4, -0.2) is 87.1 Å². The minimum atomic E-state index is -5.00. The minimum Gasteiger partial charge on any atom is -0.505 e. The molecular weight excluding hydrogens is 1130 g/mol. The van der Waals surface area contributed by atoms with E-state index in [4.69, 9.17) is 5.11 Å². The molecule has 0 aliphatic heterocycles. The van der Waals surface area contributed by atoms with Crippen molar-refractivity contribution in [2.75, 3.05) is 10.6 Å². The van der Waals surface area contributed by atoms with Crippen LogP contribution in [0, 0.1) is 27.7 Å². The molecule has 1 aromatic heterocycles. The maximum Gasteiger partial charge on any atom is 0.338 e. The van der Waals surface area contributed by atoms with Gasteiger partial charge in [0, 0.05) is 39.6 Å². The van der Waals surface area contributed by atoms with Crippen LogP contribution < -0.4 is 10.6 Å². The van der Waals surface area contributed by atoms with E-state index >= 15 is 0 Å². The van der Waals surface area contributed by atoms with E-state index in [1.165, 1.54) is 36.4 Å². The number of hydrogen-bond acceptors (Lipinski definition) is 19. The van der Waals surface area contributed by atoms with E-state index in [0.717, 1.165) is 16.9 Å². The van der Waals surface area contributed by atoms with Crippen molar-refractivity contribution >= 4 is 132 Å². The number of carbonyl (C=O) groups excluding carboxylic acids is 1. The summed E-state index contributed by atoms with van der Waals surface area (Å²) < 4.78 is 104. The van der Waals surface area contributed by atoms with Crippen LogP contribution in [0.15, 0.2) is 161 Å². The van der Waals surface area contributed by atoms with E-state index in [1.807, 2.05) is 0 Å². The molecule has 0 unspecified atom stereocenters. The SMILES string of the molecule is Cc1cc(/N=N\c2cc(C)c(/N=N/c3c(S(=O)(=O)O)cc4cc(Nc5ccc(NC(=O)CCC(=O)O)cc5)ccc4c3O)cc2C)c(C)cc1/N=N\c1ccc(-n2nc3ccc4c(S(=O)(=O)O)cc(S(=O)(=O)O)cc4c3n2)c(C(=O)O)c1. The molecular formula is C53H43N11O15S3. The van der Waals surface area contributed by atoms with Crippen molar-refractivity contribution in [1.82, 2.24) is 15.0 Å². The first-order valence-electron chi connectivity index (χ1n) is 23.9. The third kappa shape index (κ3) is 12.3. The average Bonchev–Trinajstić information content (AvgIpc) is 3.95. The van der Waals surface area contributed by atoms with Gasteiger partial charge >= 0.3 is 11.9 Å². The Morgan fingerprint density at radius 2 is 1.09 bits per heavy atom. The van der Waals surface area contributed by atoms with E-state index < -0.39 is 74.3 Å². The summed E-state index contributed by atoms with van der Waals surface area (Å²) in [5.74, 6) is -3.52. The number of phenols is 1. The Morgan fingerprint density at radius 1 is 0.537 bits per heavy atom. The fraction of sp³-hybridized carbons (Fsp3) is 0.113. The molecule has 0 fully saturated rings. The molecule has 0 saturated heterocycles. The first-order valence-corrected chi connectivity index (χ1v) is 28.2. The number of benzene rings is 8. The molecule has 0 saturated carbocycles. The summed E-state index contributed by atoms with van der Waals surface area (Å²) in [5.41, 5.74) is 4.76. The van der Waals surface area contributed by atoms with Crippen LogP contribution in [0.4, 0.5) is 51.2 Å². The van der Waals surface area contributed by atoms with Crippen LogP contribution in [0.3, 0.4) is 0 Å². The van der Waals surface area contributed by atoms with Crippen molar-refractivity contribution < 1.29 is 68.6 Å². The lowest BCUT2D eigenvalue weighted by atomic mass is 10.1. The Hall–Kier alpha value is -9.78. The highest BCUT2D eigenvalue weighted by molar-refractivity contribution is 7.87. The molecule has 82 heavy (non-hydrogen) atoms. The molecule has 9 aromatic rings. The number of aryl methyl sites for hydroxylation is 4. The standard InChI is InChI=1S/C53H43N11O15S3/c1-26-18-42(27(2)17-41(26)57-56-34-10-14-45(39(23-34)53(69)70)64-62-40-13-12-37-38(50(40)63-64)24-35(80(71,72)73)25-46(37)81(74,75)76)58-59-43-19-29(4)44(20-28(43)3)60-61-51-47(82(77,78)79)22-30-21-33(9-11-36(30)52(51)68)54-31-5-7-32(8-6-31)55-48(65)15-16-49(66)67/h5-14,17-25,54,68H,15-16H2,1-4H3,(H,55,65)(H,66,67)(H,69,70)(H,71,72,73)(H,74,75,76)(H,77,78,79)/b57-56-,59-58-,61-60+. The van der Waals surface area contributed by atoms with Gasteiger partial charge in [0.25, 0.3) is 30.4 Å². The lowest BCUT2D eigenvalue weighted by Crippen LogP contribution is -2.13. The van der Waals surface area contributed by atoms with E-state index in [0.29, 0.717) is 62.4 Å². The molecule has 26 nitrogen and oxygen atoms in total. The number of aromatic hydroxyl groups is 1. The van der Waals surface area contributed by atoms with Crippen LogP contribution >= 0.6 is 0 Å². The number of carboxylic acids is 2. The molecule has 418 valence electrons. The van der Waals surface area contributed by atoms with Gasteiger partial charge in [-0.25, -0.2) is 4.79 Å². The van der Waals surface area contributed by atoms with Crippen LogP contribution in [0.1, 0.15) is 45.5 Å². The third-order valence-electron chi connectivity index (χ3n) is 12.6. The first-order chi connectivity index (χ1) is 38.6. The molecule has 0 radical (unpaired) electrons. The van der Waals surface area contributed by atoms with Gasteiger partial charge in [0.2, 0.25) is 5.91 Å². The van der Waals surface area contributed by atoms with Gasteiger partial charge in [-0.1, -0.05) is 6.07 Å². The highest BCUT2D eigenvalue weighted by atomic mass is 32.2. The fourth-order valence-electron chi connectivity index (χ4n) is 8.45. The van der Waals surface area contributed by atoms with Gasteiger partial charge in [-0.15, -0.1) is 20.1 Å².